The van der Waals surface area contributed by atoms with E-state index in [1.165, 1.54) is 19.3 Å². The lowest BCUT2D eigenvalue weighted by molar-refractivity contribution is -0.384. The van der Waals surface area contributed by atoms with Crippen molar-refractivity contribution in [3.8, 4) is 0 Å². The minimum absolute atomic E-state index is 0.141. The van der Waals surface area contributed by atoms with Crippen LogP contribution in [0, 0.1) is 16.0 Å². The van der Waals surface area contributed by atoms with Crippen molar-refractivity contribution in [2.24, 2.45) is 5.92 Å². The largest absolute Gasteiger partial charge is 0.388 e. The number of benzene rings is 1. The first-order valence-corrected chi connectivity index (χ1v) is 7.23. The van der Waals surface area contributed by atoms with E-state index in [1.54, 1.807) is 19.2 Å². The van der Waals surface area contributed by atoms with E-state index < -0.39 is 0 Å². The van der Waals surface area contributed by atoms with Gasteiger partial charge in [0.25, 0.3) is 5.69 Å². The molecule has 1 N–H and O–H groups in total. The van der Waals surface area contributed by atoms with Gasteiger partial charge in [0.15, 0.2) is 0 Å². The van der Waals surface area contributed by atoms with Gasteiger partial charge in [0.2, 0.25) is 0 Å². The van der Waals surface area contributed by atoms with Crippen LogP contribution in [0.4, 0.5) is 17.1 Å². The van der Waals surface area contributed by atoms with E-state index in [9.17, 15) is 10.1 Å². The first-order chi connectivity index (χ1) is 9.52. The molecule has 0 spiro atoms. The Morgan fingerprint density at radius 3 is 2.60 bits per heavy atom. The minimum Gasteiger partial charge on any atom is -0.388 e. The molecule has 1 aromatic carbocycles. The summed E-state index contributed by atoms with van der Waals surface area (Å²) in [5.41, 5.74) is 1.84. The molecule has 1 saturated carbocycles. The zero-order chi connectivity index (χ0) is 14.7. The zero-order valence-electron chi connectivity index (χ0n) is 12.4. The van der Waals surface area contributed by atoms with Gasteiger partial charge in [-0.2, -0.15) is 0 Å². The summed E-state index contributed by atoms with van der Waals surface area (Å²) < 4.78 is 0. The summed E-state index contributed by atoms with van der Waals surface area (Å²) in [7, 11) is 3.83. The SMILES string of the molecule is CNc1cc(N(C)C2CCCCC2C)cc([N+](=O)[O-])c1. The molecular formula is C15H23N3O2. The van der Waals surface area contributed by atoms with Crippen LogP contribution in [-0.2, 0) is 0 Å². The maximum atomic E-state index is 11.0. The number of hydrogen-bond donors (Lipinski definition) is 1. The monoisotopic (exact) mass is 277 g/mol. The second kappa shape index (κ2) is 6.11. The Balaban J connectivity index is 2.30. The van der Waals surface area contributed by atoms with Gasteiger partial charge in [-0.3, -0.25) is 10.1 Å². The van der Waals surface area contributed by atoms with Crippen LogP contribution in [-0.4, -0.2) is 25.1 Å². The molecule has 110 valence electrons. The standard InChI is InChI=1S/C15H23N3O2/c1-11-6-4-5-7-15(11)17(3)13-8-12(16-2)9-14(10-13)18(19)20/h8-11,15-16H,4-7H2,1-3H3. The molecule has 20 heavy (non-hydrogen) atoms. The third-order valence-corrected chi connectivity index (χ3v) is 4.37. The summed E-state index contributed by atoms with van der Waals surface area (Å²) in [5, 5.41) is 14.0. The number of nitrogens with one attached hydrogen (secondary N) is 1. The predicted molar refractivity (Wildman–Crippen MR) is 82.5 cm³/mol. The Hall–Kier alpha value is -1.78. The van der Waals surface area contributed by atoms with E-state index in [0.29, 0.717) is 12.0 Å². The molecule has 2 unspecified atom stereocenters. The first-order valence-electron chi connectivity index (χ1n) is 7.23. The van der Waals surface area contributed by atoms with Crippen molar-refractivity contribution in [2.45, 2.75) is 38.6 Å². The zero-order valence-corrected chi connectivity index (χ0v) is 12.4. The Morgan fingerprint density at radius 1 is 1.30 bits per heavy atom. The fourth-order valence-electron chi connectivity index (χ4n) is 3.11. The molecule has 1 aliphatic carbocycles. The van der Waals surface area contributed by atoms with Gasteiger partial charge < -0.3 is 10.2 Å². The number of anilines is 2. The lowest BCUT2D eigenvalue weighted by Crippen LogP contribution is -2.39. The molecule has 1 aliphatic rings. The van der Waals surface area contributed by atoms with Crippen molar-refractivity contribution < 1.29 is 4.92 Å². The van der Waals surface area contributed by atoms with Gasteiger partial charge in [-0.05, 0) is 24.8 Å². The molecule has 2 atom stereocenters. The Kier molecular flexibility index (Phi) is 4.47. The molecule has 0 aromatic heterocycles. The topological polar surface area (TPSA) is 58.4 Å². The van der Waals surface area contributed by atoms with Gasteiger partial charge in [0.05, 0.1) is 4.92 Å². The molecule has 1 aromatic rings. The number of nitrogens with zero attached hydrogens (tertiary/aromatic N) is 2. The Morgan fingerprint density at radius 2 is 2.00 bits per heavy atom. The minimum atomic E-state index is -0.331. The van der Waals surface area contributed by atoms with Crippen molar-refractivity contribution in [1.82, 2.24) is 0 Å². The summed E-state index contributed by atoms with van der Waals surface area (Å²) in [6.07, 6.45) is 4.94. The van der Waals surface area contributed by atoms with Crippen molar-refractivity contribution in [3.05, 3.63) is 28.3 Å². The predicted octanol–water partition coefficient (Wildman–Crippen LogP) is 3.65. The van der Waals surface area contributed by atoms with Crippen LogP contribution in [0.1, 0.15) is 32.6 Å². The highest BCUT2D eigenvalue weighted by molar-refractivity contribution is 5.64. The van der Waals surface area contributed by atoms with Crippen molar-refractivity contribution in [1.29, 1.82) is 0 Å². The molecule has 0 radical (unpaired) electrons. The second-order valence-electron chi connectivity index (χ2n) is 5.69. The van der Waals surface area contributed by atoms with Crippen molar-refractivity contribution >= 4 is 17.1 Å². The molecule has 0 amide bonds. The molecule has 2 rings (SSSR count). The summed E-state index contributed by atoms with van der Waals surface area (Å²) in [4.78, 5) is 12.9. The smallest absolute Gasteiger partial charge is 0.273 e. The van der Waals surface area contributed by atoms with Crippen LogP contribution < -0.4 is 10.2 Å². The molecule has 1 fully saturated rings. The van der Waals surface area contributed by atoms with Crippen molar-refractivity contribution in [2.75, 3.05) is 24.3 Å². The average molecular weight is 277 g/mol. The van der Waals surface area contributed by atoms with Crippen LogP contribution in [0.25, 0.3) is 0 Å². The van der Waals surface area contributed by atoms with Gasteiger partial charge in [-0.25, -0.2) is 0 Å². The molecule has 0 bridgehead atoms. The van der Waals surface area contributed by atoms with E-state index >= 15 is 0 Å². The number of non-ortho nitro benzene ring substituents is 1. The van der Waals surface area contributed by atoms with Gasteiger partial charge >= 0.3 is 0 Å². The third-order valence-electron chi connectivity index (χ3n) is 4.37. The molecular weight excluding hydrogens is 254 g/mol. The average Bonchev–Trinajstić information content (AvgIpc) is 2.46. The lowest BCUT2D eigenvalue weighted by atomic mass is 9.85. The summed E-state index contributed by atoms with van der Waals surface area (Å²) >= 11 is 0. The highest BCUT2D eigenvalue weighted by Crippen LogP contribution is 2.33. The van der Waals surface area contributed by atoms with Gasteiger partial charge in [0, 0.05) is 43.6 Å². The summed E-state index contributed by atoms with van der Waals surface area (Å²) in [6.45, 7) is 2.27. The molecule has 5 heteroatoms. The van der Waals surface area contributed by atoms with Crippen LogP contribution in [0.5, 0.6) is 0 Å². The van der Waals surface area contributed by atoms with E-state index in [0.717, 1.165) is 17.8 Å². The fourth-order valence-corrected chi connectivity index (χ4v) is 3.11. The third kappa shape index (κ3) is 3.03. The Bertz CT molecular complexity index is 490. The second-order valence-corrected chi connectivity index (χ2v) is 5.69. The number of nitro groups is 1. The lowest BCUT2D eigenvalue weighted by Gasteiger charge is -2.37. The normalized spacial score (nSPS) is 22.4. The molecule has 0 saturated heterocycles. The molecule has 5 nitrogen and oxygen atoms in total. The van der Waals surface area contributed by atoms with E-state index in [1.807, 2.05) is 13.1 Å². The van der Waals surface area contributed by atoms with Crippen LogP contribution in [0.15, 0.2) is 18.2 Å². The van der Waals surface area contributed by atoms with Crippen LogP contribution in [0.2, 0.25) is 0 Å². The highest BCUT2D eigenvalue weighted by atomic mass is 16.6. The van der Waals surface area contributed by atoms with E-state index in [-0.39, 0.29) is 10.6 Å². The quantitative estimate of drug-likeness (QED) is 0.674. The maximum absolute atomic E-state index is 11.0. The maximum Gasteiger partial charge on any atom is 0.273 e. The van der Waals surface area contributed by atoms with Gasteiger partial charge in [0.1, 0.15) is 0 Å². The van der Waals surface area contributed by atoms with E-state index in [4.69, 9.17) is 0 Å². The van der Waals surface area contributed by atoms with Gasteiger partial charge in [-0.1, -0.05) is 19.8 Å². The first kappa shape index (κ1) is 14.6. The summed E-state index contributed by atoms with van der Waals surface area (Å²) in [6, 6.07) is 5.69. The number of hydrogen-bond acceptors (Lipinski definition) is 4. The van der Waals surface area contributed by atoms with Gasteiger partial charge in [-0.15, -0.1) is 0 Å². The Labute approximate surface area is 120 Å². The molecule has 0 aliphatic heterocycles. The van der Waals surface area contributed by atoms with E-state index in [2.05, 4.69) is 17.1 Å². The highest BCUT2D eigenvalue weighted by Gasteiger charge is 2.26. The van der Waals surface area contributed by atoms with Crippen molar-refractivity contribution in [3.63, 3.8) is 0 Å². The summed E-state index contributed by atoms with van der Waals surface area (Å²) in [5.74, 6) is 0.631. The number of nitro benzene ring substituents is 1. The number of rotatable bonds is 4. The van der Waals surface area contributed by atoms with Crippen LogP contribution >= 0.6 is 0 Å². The van der Waals surface area contributed by atoms with Crippen LogP contribution in [0.3, 0.4) is 0 Å². The fraction of sp³-hybridized carbons (Fsp3) is 0.600. The molecule has 0 heterocycles.